The standard InChI is InChI=1S/C23H16FNO3/c24-21-7-3-1-6-19(21)15-28-22-8-4-2-5-18(22)13-20(14-25)16-9-11-17(12-10-16)23(26)27/h1-13H,15H2,(H,26,27)/b20-13-. The summed E-state index contributed by atoms with van der Waals surface area (Å²) < 4.78 is 19.6. The molecular weight excluding hydrogens is 357 g/mol. The number of benzene rings is 3. The Morgan fingerprint density at radius 3 is 2.32 bits per heavy atom. The highest BCUT2D eigenvalue weighted by Crippen LogP contribution is 2.26. The Bertz CT molecular complexity index is 1070. The zero-order chi connectivity index (χ0) is 19.9. The first-order valence-electron chi connectivity index (χ1n) is 8.49. The van der Waals surface area contributed by atoms with Crippen molar-refractivity contribution in [3.05, 3.63) is 101 Å². The number of carbonyl (C=O) groups is 1. The minimum atomic E-state index is -1.03. The first kappa shape index (κ1) is 18.9. The van der Waals surface area contributed by atoms with Gasteiger partial charge in [-0.15, -0.1) is 0 Å². The van der Waals surface area contributed by atoms with Crippen molar-refractivity contribution in [3.63, 3.8) is 0 Å². The van der Waals surface area contributed by atoms with Crippen molar-refractivity contribution in [1.29, 1.82) is 5.26 Å². The summed E-state index contributed by atoms with van der Waals surface area (Å²) in [4.78, 5) is 11.0. The Hall–Kier alpha value is -3.91. The summed E-state index contributed by atoms with van der Waals surface area (Å²) in [5.74, 6) is -0.853. The van der Waals surface area contributed by atoms with Gasteiger partial charge < -0.3 is 9.84 Å². The zero-order valence-corrected chi connectivity index (χ0v) is 14.8. The van der Waals surface area contributed by atoms with Crippen molar-refractivity contribution in [2.75, 3.05) is 0 Å². The maximum atomic E-state index is 13.8. The van der Waals surface area contributed by atoms with Crippen LogP contribution in [0.4, 0.5) is 4.39 Å². The van der Waals surface area contributed by atoms with Crippen LogP contribution in [0.5, 0.6) is 5.75 Å². The van der Waals surface area contributed by atoms with E-state index in [9.17, 15) is 14.4 Å². The van der Waals surface area contributed by atoms with Crippen LogP contribution in [0.1, 0.15) is 27.0 Å². The van der Waals surface area contributed by atoms with Crippen molar-refractivity contribution < 1.29 is 19.0 Å². The number of allylic oxidation sites excluding steroid dienone is 1. The molecule has 1 N–H and O–H groups in total. The minimum Gasteiger partial charge on any atom is -0.488 e. The number of hydrogen-bond acceptors (Lipinski definition) is 3. The first-order valence-corrected chi connectivity index (χ1v) is 8.49. The number of nitriles is 1. The fourth-order valence-electron chi connectivity index (χ4n) is 2.63. The summed E-state index contributed by atoms with van der Waals surface area (Å²) in [5, 5.41) is 18.5. The predicted octanol–water partition coefficient (Wildman–Crippen LogP) is 5.17. The molecule has 28 heavy (non-hydrogen) atoms. The van der Waals surface area contributed by atoms with Gasteiger partial charge in [0.05, 0.1) is 17.2 Å². The van der Waals surface area contributed by atoms with Crippen LogP contribution >= 0.6 is 0 Å². The molecule has 0 aromatic heterocycles. The molecule has 0 aliphatic rings. The molecule has 3 rings (SSSR count). The highest BCUT2D eigenvalue weighted by molar-refractivity contribution is 5.92. The lowest BCUT2D eigenvalue weighted by Crippen LogP contribution is -1.99. The highest BCUT2D eigenvalue weighted by atomic mass is 19.1. The molecule has 0 radical (unpaired) electrons. The Morgan fingerprint density at radius 1 is 1.00 bits per heavy atom. The van der Waals surface area contributed by atoms with Crippen LogP contribution in [0.3, 0.4) is 0 Å². The Morgan fingerprint density at radius 2 is 1.64 bits per heavy atom. The summed E-state index contributed by atoms with van der Waals surface area (Å²) in [6.45, 7) is 0.0622. The Balaban J connectivity index is 1.87. The average Bonchev–Trinajstić information content (AvgIpc) is 2.72. The lowest BCUT2D eigenvalue weighted by Gasteiger charge is -2.10. The van der Waals surface area contributed by atoms with Gasteiger partial charge in [0.1, 0.15) is 18.2 Å². The first-order chi connectivity index (χ1) is 13.6. The van der Waals surface area contributed by atoms with E-state index in [-0.39, 0.29) is 18.0 Å². The van der Waals surface area contributed by atoms with Crippen LogP contribution in [-0.4, -0.2) is 11.1 Å². The monoisotopic (exact) mass is 373 g/mol. The molecule has 0 saturated carbocycles. The molecule has 5 heteroatoms. The summed E-state index contributed by atoms with van der Waals surface area (Å²) in [6, 6.07) is 21.7. The largest absolute Gasteiger partial charge is 0.488 e. The molecule has 0 unspecified atom stereocenters. The van der Waals surface area contributed by atoms with Gasteiger partial charge >= 0.3 is 5.97 Å². The van der Waals surface area contributed by atoms with Gasteiger partial charge in [0.2, 0.25) is 0 Å². The molecule has 0 heterocycles. The van der Waals surface area contributed by atoms with Gasteiger partial charge in [-0.2, -0.15) is 5.26 Å². The third kappa shape index (κ3) is 4.43. The van der Waals surface area contributed by atoms with Gasteiger partial charge in [-0.1, -0.05) is 48.5 Å². The van der Waals surface area contributed by atoms with Crippen molar-refractivity contribution in [2.45, 2.75) is 6.61 Å². The van der Waals surface area contributed by atoms with Crippen LogP contribution in [0.15, 0.2) is 72.8 Å². The van der Waals surface area contributed by atoms with Gasteiger partial charge in [0.25, 0.3) is 0 Å². The molecule has 0 aliphatic carbocycles. The van der Waals surface area contributed by atoms with E-state index < -0.39 is 5.97 Å². The Kier molecular flexibility index (Phi) is 5.83. The van der Waals surface area contributed by atoms with Crippen LogP contribution in [0.2, 0.25) is 0 Å². The third-order valence-corrected chi connectivity index (χ3v) is 4.12. The number of hydrogen-bond donors (Lipinski definition) is 1. The summed E-state index contributed by atoms with van der Waals surface area (Å²) >= 11 is 0. The number of carboxylic acid groups (broad SMARTS) is 1. The third-order valence-electron chi connectivity index (χ3n) is 4.12. The molecule has 138 valence electrons. The summed E-state index contributed by atoms with van der Waals surface area (Å²) in [6.07, 6.45) is 1.66. The van der Waals surface area contributed by atoms with E-state index >= 15 is 0 Å². The minimum absolute atomic E-state index is 0.0622. The van der Waals surface area contributed by atoms with Crippen LogP contribution in [-0.2, 0) is 6.61 Å². The SMILES string of the molecule is N#C/C(=C/c1ccccc1OCc1ccccc1F)c1ccc(C(=O)O)cc1. The predicted molar refractivity (Wildman–Crippen MR) is 104 cm³/mol. The van der Waals surface area contributed by atoms with E-state index in [1.807, 2.05) is 6.07 Å². The number of rotatable bonds is 6. The lowest BCUT2D eigenvalue weighted by molar-refractivity contribution is 0.0697. The van der Waals surface area contributed by atoms with E-state index in [1.165, 1.54) is 18.2 Å². The zero-order valence-electron chi connectivity index (χ0n) is 14.8. The van der Waals surface area contributed by atoms with E-state index in [2.05, 4.69) is 6.07 Å². The van der Waals surface area contributed by atoms with Crippen molar-refractivity contribution in [1.82, 2.24) is 0 Å². The topological polar surface area (TPSA) is 70.3 Å². The van der Waals surface area contributed by atoms with E-state index in [0.717, 1.165) is 0 Å². The highest BCUT2D eigenvalue weighted by Gasteiger charge is 2.08. The summed E-state index contributed by atoms with van der Waals surface area (Å²) in [5.41, 5.74) is 2.20. The molecule has 4 nitrogen and oxygen atoms in total. The normalized spacial score (nSPS) is 10.9. The van der Waals surface area contributed by atoms with Gasteiger partial charge in [-0.05, 0) is 35.9 Å². The molecule has 0 saturated heterocycles. The lowest BCUT2D eigenvalue weighted by atomic mass is 10.0. The second-order valence-corrected chi connectivity index (χ2v) is 5.97. The smallest absolute Gasteiger partial charge is 0.335 e. The van der Waals surface area contributed by atoms with Gasteiger partial charge in [0, 0.05) is 11.1 Å². The van der Waals surface area contributed by atoms with Crippen molar-refractivity contribution in [2.24, 2.45) is 0 Å². The van der Waals surface area contributed by atoms with E-state index in [4.69, 9.17) is 9.84 Å². The fourth-order valence-corrected chi connectivity index (χ4v) is 2.63. The maximum Gasteiger partial charge on any atom is 0.335 e. The van der Waals surface area contributed by atoms with E-state index in [1.54, 1.807) is 54.6 Å². The number of carboxylic acids is 1. The molecule has 0 atom stereocenters. The van der Waals surface area contributed by atoms with Crippen molar-refractivity contribution in [3.8, 4) is 11.8 Å². The number of nitrogens with zero attached hydrogens (tertiary/aromatic N) is 1. The second-order valence-electron chi connectivity index (χ2n) is 5.97. The molecule has 0 fully saturated rings. The van der Waals surface area contributed by atoms with E-state index in [0.29, 0.717) is 28.0 Å². The molecule has 3 aromatic rings. The van der Waals surface area contributed by atoms with Crippen LogP contribution < -0.4 is 4.74 Å². The number of para-hydroxylation sites is 1. The average molecular weight is 373 g/mol. The second kappa shape index (κ2) is 8.65. The molecule has 0 aliphatic heterocycles. The van der Waals surface area contributed by atoms with Gasteiger partial charge in [-0.3, -0.25) is 0 Å². The molecule has 3 aromatic carbocycles. The molecular formula is C23H16FNO3. The molecule has 0 spiro atoms. The van der Waals surface area contributed by atoms with Crippen molar-refractivity contribution >= 4 is 17.6 Å². The quantitative estimate of drug-likeness (QED) is 0.478. The number of aromatic carboxylic acids is 1. The Labute approximate surface area is 161 Å². The maximum absolute atomic E-state index is 13.8. The summed E-state index contributed by atoms with van der Waals surface area (Å²) in [7, 11) is 0. The van der Waals surface area contributed by atoms with Gasteiger partial charge in [-0.25, -0.2) is 9.18 Å². The number of halogens is 1. The number of ether oxygens (including phenoxy) is 1. The van der Waals surface area contributed by atoms with Crippen LogP contribution in [0.25, 0.3) is 11.6 Å². The van der Waals surface area contributed by atoms with Crippen LogP contribution in [0, 0.1) is 17.1 Å². The van der Waals surface area contributed by atoms with Gasteiger partial charge in [0.15, 0.2) is 0 Å². The molecule has 0 bridgehead atoms. The molecule has 0 amide bonds. The fraction of sp³-hybridized carbons (Fsp3) is 0.0435.